The maximum Gasteiger partial charge on any atom is 0.416 e. The van der Waals surface area contributed by atoms with E-state index in [1.54, 1.807) is 39.2 Å². The zero-order valence-corrected chi connectivity index (χ0v) is 27.3. The van der Waals surface area contributed by atoms with Crippen molar-refractivity contribution in [2.24, 2.45) is 0 Å². The van der Waals surface area contributed by atoms with Crippen LogP contribution in [0.4, 0.5) is 48.5 Å². The minimum atomic E-state index is -5.05. The van der Waals surface area contributed by atoms with Crippen molar-refractivity contribution in [1.29, 1.82) is 0 Å². The summed E-state index contributed by atoms with van der Waals surface area (Å²) in [6, 6.07) is 5.55. The van der Waals surface area contributed by atoms with E-state index in [0.29, 0.717) is 29.8 Å². The summed E-state index contributed by atoms with van der Waals surface area (Å²) in [7, 11) is 3.60. The normalized spacial score (nSPS) is 16.2. The molecule has 0 radical (unpaired) electrons. The predicted octanol–water partition coefficient (Wildman–Crippen LogP) is 7.72. The van der Waals surface area contributed by atoms with Gasteiger partial charge in [0.15, 0.2) is 5.75 Å². The molecule has 4 rings (SSSR count). The third kappa shape index (κ3) is 9.03. The van der Waals surface area contributed by atoms with Crippen LogP contribution in [0.1, 0.15) is 67.8 Å². The Labute approximate surface area is 279 Å². The van der Waals surface area contributed by atoms with Gasteiger partial charge in [-0.3, -0.25) is 9.69 Å². The lowest BCUT2D eigenvalue weighted by molar-refractivity contribution is -0.143. The Kier molecular flexibility index (Phi) is 11.5. The van der Waals surface area contributed by atoms with Crippen LogP contribution in [0, 0.1) is 0 Å². The van der Waals surface area contributed by atoms with Gasteiger partial charge in [0.25, 0.3) is 0 Å². The molecule has 1 aromatic heterocycles. The molecule has 1 N–H and O–H groups in total. The van der Waals surface area contributed by atoms with Crippen molar-refractivity contribution >= 4 is 29.4 Å². The van der Waals surface area contributed by atoms with Gasteiger partial charge in [-0.1, -0.05) is 6.92 Å². The van der Waals surface area contributed by atoms with Gasteiger partial charge in [-0.25, -0.2) is 14.8 Å². The van der Waals surface area contributed by atoms with Gasteiger partial charge in [0.1, 0.15) is 0 Å². The highest BCUT2D eigenvalue weighted by Crippen LogP contribution is 2.45. The number of hydrogen-bond acceptors (Lipinski definition) is 8. The second-order valence-electron chi connectivity index (χ2n) is 11.6. The summed E-state index contributed by atoms with van der Waals surface area (Å²) >= 11 is 0. The first-order valence-electron chi connectivity index (χ1n) is 15.5. The molecule has 0 saturated heterocycles. The molecule has 0 unspecified atom stereocenters. The average molecular weight is 698 g/mol. The minimum Gasteiger partial charge on any atom is -0.490 e. The van der Waals surface area contributed by atoms with Crippen LogP contribution in [0.25, 0.3) is 0 Å². The van der Waals surface area contributed by atoms with Crippen molar-refractivity contribution in [3.05, 3.63) is 71.0 Å². The summed E-state index contributed by atoms with van der Waals surface area (Å²) in [6.07, 6.45) is -7.36. The van der Waals surface area contributed by atoms with E-state index < -0.39 is 54.2 Å². The first-order valence-corrected chi connectivity index (χ1v) is 15.5. The molecule has 16 heteroatoms. The van der Waals surface area contributed by atoms with Crippen LogP contribution >= 0.6 is 0 Å². The number of aromatic nitrogens is 2. The average Bonchev–Trinajstić information content (AvgIpc) is 3.04. The predicted molar refractivity (Wildman–Crippen MR) is 169 cm³/mol. The van der Waals surface area contributed by atoms with Crippen LogP contribution in [0.3, 0.4) is 0 Å². The van der Waals surface area contributed by atoms with Gasteiger partial charge in [0, 0.05) is 44.4 Å². The Bertz CT molecular complexity index is 1580. The number of alkyl halides is 6. The summed E-state index contributed by atoms with van der Waals surface area (Å²) < 4.78 is 94.0. The fraction of sp³-hybridized carbons (Fsp3) is 0.455. The highest BCUT2D eigenvalue weighted by atomic mass is 19.4. The van der Waals surface area contributed by atoms with Gasteiger partial charge >= 0.3 is 24.4 Å². The molecule has 266 valence electrons. The zero-order valence-electron chi connectivity index (χ0n) is 27.3. The number of anilines is 3. The number of carboxylic acid groups (broad SMARTS) is 1. The van der Waals surface area contributed by atoms with Crippen LogP contribution in [0.15, 0.2) is 48.8 Å². The van der Waals surface area contributed by atoms with Crippen LogP contribution in [-0.2, 0) is 28.4 Å². The van der Waals surface area contributed by atoms with E-state index in [0.717, 1.165) is 5.69 Å². The minimum absolute atomic E-state index is 0.0190. The van der Waals surface area contributed by atoms with E-state index in [1.165, 1.54) is 22.2 Å². The van der Waals surface area contributed by atoms with Crippen molar-refractivity contribution < 1.29 is 50.5 Å². The third-order valence-corrected chi connectivity index (χ3v) is 7.99. The molecule has 0 fully saturated rings. The van der Waals surface area contributed by atoms with E-state index in [4.69, 9.17) is 14.6 Å². The number of halogens is 6. The molecule has 1 aliphatic rings. The van der Waals surface area contributed by atoms with Crippen LogP contribution in [0.2, 0.25) is 0 Å². The van der Waals surface area contributed by atoms with E-state index in [-0.39, 0.29) is 55.8 Å². The molecular weight excluding hydrogens is 660 g/mol. The second kappa shape index (κ2) is 15.2. The maximum absolute atomic E-state index is 13.9. The molecule has 2 atom stereocenters. The number of benzene rings is 2. The number of aliphatic carboxylic acids is 1. The second-order valence-corrected chi connectivity index (χ2v) is 11.6. The van der Waals surface area contributed by atoms with Gasteiger partial charge in [-0.15, -0.1) is 0 Å². The summed E-state index contributed by atoms with van der Waals surface area (Å²) in [4.78, 5) is 37.7. The van der Waals surface area contributed by atoms with Gasteiger partial charge in [0.2, 0.25) is 5.95 Å². The molecule has 1 amide bonds. The molecule has 0 bridgehead atoms. The van der Waals surface area contributed by atoms with Gasteiger partial charge < -0.3 is 24.4 Å². The van der Waals surface area contributed by atoms with Crippen molar-refractivity contribution in [2.45, 2.75) is 70.5 Å². The highest BCUT2D eigenvalue weighted by molar-refractivity contribution is 5.91. The van der Waals surface area contributed by atoms with E-state index in [1.807, 2.05) is 11.8 Å². The number of hydrogen-bond donors (Lipinski definition) is 1. The highest BCUT2D eigenvalue weighted by Gasteiger charge is 2.41. The monoisotopic (exact) mass is 697 g/mol. The van der Waals surface area contributed by atoms with Gasteiger partial charge in [-0.2, -0.15) is 26.3 Å². The molecule has 3 aromatic rings. The van der Waals surface area contributed by atoms with Crippen molar-refractivity contribution in [3.63, 3.8) is 0 Å². The Morgan fingerprint density at radius 3 is 2.14 bits per heavy atom. The first kappa shape index (κ1) is 37.1. The number of ether oxygens (including phenoxy) is 2. The Morgan fingerprint density at radius 1 is 0.980 bits per heavy atom. The number of carboxylic acids is 1. The zero-order chi connectivity index (χ0) is 36.1. The molecule has 0 saturated carbocycles. The van der Waals surface area contributed by atoms with Crippen molar-refractivity contribution in [2.75, 3.05) is 42.0 Å². The lowest BCUT2D eigenvalue weighted by Gasteiger charge is -2.44. The van der Waals surface area contributed by atoms with Gasteiger partial charge in [0.05, 0.1) is 48.5 Å². The number of carbonyl (C=O) groups is 2. The lowest BCUT2D eigenvalue weighted by atomic mass is 9.88. The summed E-state index contributed by atoms with van der Waals surface area (Å²) in [5.41, 5.74) is -1.44. The fourth-order valence-corrected chi connectivity index (χ4v) is 5.65. The number of carbonyl (C=O) groups excluding carboxylic acids is 1. The summed E-state index contributed by atoms with van der Waals surface area (Å²) in [5, 5.41) is 8.86. The number of nitrogens with zero attached hydrogens (tertiary/aromatic N) is 5. The van der Waals surface area contributed by atoms with Gasteiger partial charge in [-0.05, 0) is 68.1 Å². The smallest absolute Gasteiger partial charge is 0.416 e. The first-order chi connectivity index (χ1) is 23.0. The fourth-order valence-electron chi connectivity index (χ4n) is 5.65. The number of amides is 1. The Balaban J connectivity index is 1.87. The van der Waals surface area contributed by atoms with Crippen molar-refractivity contribution in [3.8, 4) is 5.75 Å². The van der Waals surface area contributed by atoms with Crippen LogP contribution < -0.4 is 19.4 Å². The molecule has 0 aliphatic carbocycles. The molecule has 1 aliphatic heterocycles. The standard InChI is InChI=1S/C33H37F6N5O5/c1-5-23-16-28(26-15-24(42(3)4)9-10-27(26)44(23)31(47)48-6-2)43(30-40-17-25(18-41-30)49-11-7-8-29(45)46)19-20-12-21(32(34,35)36)14-22(13-20)33(37,38)39/h9-10,12-15,17-18,23,28H,5-8,11,16,19H2,1-4H3,(H,45,46)/t23-,28+/m1/s1. The van der Waals surface area contributed by atoms with E-state index in [2.05, 4.69) is 9.97 Å². The van der Waals surface area contributed by atoms with Crippen molar-refractivity contribution in [1.82, 2.24) is 9.97 Å². The Morgan fingerprint density at radius 2 is 1.61 bits per heavy atom. The summed E-state index contributed by atoms with van der Waals surface area (Å²) in [5.74, 6) is -0.827. The largest absolute Gasteiger partial charge is 0.490 e. The molecule has 10 nitrogen and oxygen atoms in total. The third-order valence-electron chi connectivity index (χ3n) is 7.99. The molecule has 2 heterocycles. The number of fused-ring (bicyclic) bond motifs is 1. The Hall–Kier alpha value is -4.76. The molecule has 2 aromatic carbocycles. The van der Waals surface area contributed by atoms with Crippen LogP contribution in [0.5, 0.6) is 5.75 Å². The lowest BCUT2D eigenvalue weighted by Crippen LogP contribution is -2.48. The quantitative estimate of drug-likeness (QED) is 0.150. The molecule has 0 spiro atoms. The molecular formula is C33H37F6N5O5. The molecule has 49 heavy (non-hydrogen) atoms. The topological polar surface area (TPSA) is 108 Å². The SMILES string of the molecule is CCOC(=O)N1c2ccc(N(C)C)cc2[C@@H](N(Cc2cc(C(F)(F)F)cc(C(F)(F)F)c2)c2ncc(OCCCC(=O)O)cn2)C[C@H]1CC. The van der Waals surface area contributed by atoms with E-state index in [9.17, 15) is 35.9 Å². The summed E-state index contributed by atoms with van der Waals surface area (Å²) in [6.45, 7) is 3.23. The number of rotatable bonds is 12. The maximum atomic E-state index is 13.9. The van der Waals surface area contributed by atoms with E-state index >= 15 is 0 Å². The van der Waals surface area contributed by atoms with Crippen LogP contribution in [-0.4, -0.2) is 60.5 Å².